The fraction of sp³-hybridized carbons (Fsp3) is 0.500. The van der Waals surface area contributed by atoms with Crippen molar-refractivity contribution in [3.63, 3.8) is 0 Å². The Kier molecular flexibility index (Phi) is 3.49. The Hall–Kier alpha value is -0.440. The van der Waals surface area contributed by atoms with Crippen molar-refractivity contribution < 1.29 is 0 Å². The summed E-state index contributed by atoms with van der Waals surface area (Å²) in [5, 5.41) is 0. The Bertz CT molecular complexity index is 225. The predicted octanol–water partition coefficient (Wildman–Crippen LogP) is 2.58. The van der Waals surface area contributed by atoms with E-state index in [1.165, 1.54) is 18.4 Å². The SMILES string of the molecule is CCCCc1cncnc1Br. The van der Waals surface area contributed by atoms with Gasteiger partial charge in [0.2, 0.25) is 0 Å². The average Bonchev–Trinajstić information content (AvgIpc) is 2.03. The quantitative estimate of drug-likeness (QED) is 0.724. The van der Waals surface area contributed by atoms with E-state index in [4.69, 9.17) is 0 Å². The van der Waals surface area contributed by atoms with Crippen LogP contribution in [0.5, 0.6) is 0 Å². The summed E-state index contributed by atoms with van der Waals surface area (Å²) in [4.78, 5) is 7.99. The van der Waals surface area contributed by atoms with Gasteiger partial charge in [0, 0.05) is 11.8 Å². The molecule has 0 aromatic carbocycles. The Morgan fingerprint density at radius 1 is 1.55 bits per heavy atom. The lowest BCUT2D eigenvalue weighted by atomic mass is 10.2. The smallest absolute Gasteiger partial charge is 0.116 e. The summed E-state index contributed by atoms with van der Waals surface area (Å²) >= 11 is 3.38. The fourth-order valence-electron chi connectivity index (χ4n) is 0.878. The van der Waals surface area contributed by atoms with E-state index in [0.29, 0.717) is 0 Å². The Morgan fingerprint density at radius 3 is 3.00 bits per heavy atom. The second-order valence-electron chi connectivity index (χ2n) is 2.44. The first-order valence-corrected chi connectivity index (χ1v) is 4.58. The third kappa shape index (κ3) is 2.58. The molecular weight excluding hydrogens is 204 g/mol. The molecule has 0 spiro atoms. The molecule has 0 unspecified atom stereocenters. The lowest BCUT2D eigenvalue weighted by Crippen LogP contribution is -1.90. The molecule has 0 atom stereocenters. The van der Waals surface area contributed by atoms with Gasteiger partial charge in [0.25, 0.3) is 0 Å². The van der Waals surface area contributed by atoms with Crippen LogP contribution in [0.1, 0.15) is 25.3 Å². The van der Waals surface area contributed by atoms with Crippen LogP contribution in [0.15, 0.2) is 17.1 Å². The second-order valence-corrected chi connectivity index (χ2v) is 3.19. The first-order valence-electron chi connectivity index (χ1n) is 3.79. The monoisotopic (exact) mass is 214 g/mol. The summed E-state index contributed by atoms with van der Waals surface area (Å²) in [6.45, 7) is 2.18. The standard InChI is InChI=1S/C8H11BrN2/c1-2-3-4-7-5-10-6-11-8(7)9/h5-6H,2-4H2,1H3. The summed E-state index contributed by atoms with van der Waals surface area (Å²) in [5.74, 6) is 0. The first-order chi connectivity index (χ1) is 5.34. The van der Waals surface area contributed by atoms with Gasteiger partial charge in [0.15, 0.2) is 0 Å². The maximum absolute atomic E-state index is 4.04. The van der Waals surface area contributed by atoms with Crippen LogP contribution in [0.25, 0.3) is 0 Å². The van der Waals surface area contributed by atoms with E-state index in [0.717, 1.165) is 11.0 Å². The number of aryl methyl sites for hydroxylation is 1. The van der Waals surface area contributed by atoms with Crippen LogP contribution in [0, 0.1) is 0 Å². The van der Waals surface area contributed by atoms with Crippen LogP contribution in [0.2, 0.25) is 0 Å². The Balaban J connectivity index is 2.62. The zero-order valence-corrected chi connectivity index (χ0v) is 8.13. The molecule has 3 heteroatoms. The van der Waals surface area contributed by atoms with Gasteiger partial charge in [-0.2, -0.15) is 0 Å². The van der Waals surface area contributed by atoms with Crippen LogP contribution in [-0.4, -0.2) is 9.97 Å². The highest BCUT2D eigenvalue weighted by molar-refractivity contribution is 9.10. The van der Waals surface area contributed by atoms with Gasteiger partial charge in [-0.05, 0) is 28.8 Å². The highest BCUT2D eigenvalue weighted by Gasteiger charge is 1.98. The van der Waals surface area contributed by atoms with Crippen LogP contribution in [0.4, 0.5) is 0 Å². The summed E-state index contributed by atoms with van der Waals surface area (Å²) in [6, 6.07) is 0. The molecule has 0 fully saturated rings. The van der Waals surface area contributed by atoms with Gasteiger partial charge in [-0.25, -0.2) is 9.97 Å². The minimum Gasteiger partial charge on any atom is -0.244 e. The highest BCUT2D eigenvalue weighted by atomic mass is 79.9. The molecule has 1 aromatic heterocycles. The number of nitrogens with zero attached hydrogens (tertiary/aromatic N) is 2. The van der Waals surface area contributed by atoms with E-state index in [1.54, 1.807) is 6.33 Å². The highest BCUT2D eigenvalue weighted by Crippen LogP contribution is 2.13. The van der Waals surface area contributed by atoms with Crippen molar-refractivity contribution in [2.75, 3.05) is 0 Å². The van der Waals surface area contributed by atoms with Gasteiger partial charge < -0.3 is 0 Å². The maximum atomic E-state index is 4.04. The van der Waals surface area contributed by atoms with Gasteiger partial charge in [-0.15, -0.1) is 0 Å². The van der Waals surface area contributed by atoms with Crippen LogP contribution in [0.3, 0.4) is 0 Å². The first kappa shape index (κ1) is 8.65. The van der Waals surface area contributed by atoms with Crippen LogP contribution in [-0.2, 0) is 6.42 Å². The molecule has 0 N–H and O–H groups in total. The van der Waals surface area contributed by atoms with Crippen LogP contribution >= 0.6 is 15.9 Å². The molecule has 1 heterocycles. The number of hydrogen-bond acceptors (Lipinski definition) is 2. The molecule has 1 rings (SSSR count). The maximum Gasteiger partial charge on any atom is 0.116 e. The van der Waals surface area contributed by atoms with Crippen molar-refractivity contribution in [1.82, 2.24) is 9.97 Å². The van der Waals surface area contributed by atoms with Gasteiger partial charge in [0.1, 0.15) is 10.9 Å². The average molecular weight is 215 g/mol. The van der Waals surface area contributed by atoms with Crippen molar-refractivity contribution in [2.24, 2.45) is 0 Å². The van der Waals surface area contributed by atoms with E-state index in [9.17, 15) is 0 Å². The molecule has 0 radical (unpaired) electrons. The number of hydrogen-bond donors (Lipinski definition) is 0. The molecule has 0 amide bonds. The summed E-state index contributed by atoms with van der Waals surface area (Å²) in [7, 11) is 0. The third-order valence-electron chi connectivity index (χ3n) is 1.53. The lowest BCUT2D eigenvalue weighted by Gasteiger charge is -1.99. The number of unbranched alkanes of at least 4 members (excludes halogenated alkanes) is 1. The summed E-state index contributed by atoms with van der Waals surface area (Å²) in [5.41, 5.74) is 1.20. The predicted molar refractivity (Wildman–Crippen MR) is 48.3 cm³/mol. The van der Waals surface area contributed by atoms with Crippen molar-refractivity contribution in [3.05, 3.63) is 22.7 Å². The molecule has 2 nitrogen and oxygen atoms in total. The van der Waals surface area contributed by atoms with Gasteiger partial charge in [0.05, 0.1) is 0 Å². The molecular formula is C8H11BrN2. The van der Waals surface area contributed by atoms with Crippen molar-refractivity contribution in [3.8, 4) is 0 Å². The molecule has 0 aliphatic rings. The van der Waals surface area contributed by atoms with E-state index < -0.39 is 0 Å². The minimum absolute atomic E-state index is 0.931. The van der Waals surface area contributed by atoms with E-state index in [2.05, 4.69) is 32.8 Å². The summed E-state index contributed by atoms with van der Waals surface area (Å²) in [6.07, 6.45) is 6.90. The van der Waals surface area contributed by atoms with Gasteiger partial charge in [-0.1, -0.05) is 13.3 Å². The molecule has 0 aliphatic heterocycles. The lowest BCUT2D eigenvalue weighted by molar-refractivity contribution is 0.783. The number of rotatable bonds is 3. The molecule has 0 aliphatic carbocycles. The zero-order chi connectivity index (χ0) is 8.10. The van der Waals surface area contributed by atoms with Crippen LogP contribution < -0.4 is 0 Å². The van der Waals surface area contributed by atoms with E-state index in [1.807, 2.05) is 6.20 Å². The molecule has 0 bridgehead atoms. The largest absolute Gasteiger partial charge is 0.244 e. The van der Waals surface area contributed by atoms with Crippen molar-refractivity contribution >= 4 is 15.9 Å². The summed E-state index contributed by atoms with van der Waals surface area (Å²) < 4.78 is 0.931. The Labute approximate surface area is 75.2 Å². The van der Waals surface area contributed by atoms with Crippen molar-refractivity contribution in [2.45, 2.75) is 26.2 Å². The van der Waals surface area contributed by atoms with Gasteiger partial charge in [-0.3, -0.25) is 0 Å². The van der Waals surface area contributed by atoms with Crippen molar-refractivity contribution in [1.29, 1.82) is 0 Å². The van der Waals surface area contributed by atoms with E-state index >= 15 is 0 Å². The number of aromatic nitrogens is 2. The molecule has 11 heavy (non-hydrogen) atoms. The minimum atomic E-state index is 0.931. The molecule has 0 saturated heterocycles. The third-order valence-corrected chi connectivity index (χ3v) is 2.25. The van der Waals surface area contributed by atoms with E-state index in [-0.39, 0.29) is 0 Å². The second kappa shape index (κ2) is 4.44. The number of halogens is 1. The zero-order valence-electron chi connectivity index (χ0n) is 6.55. The normalized spacial score (nSPS) is 10.0. The molecule has 0 saturated carbocycles. The Morgan fingerprint density at radius 2 is 2.36 bits per heavy atom. The van der Waals surface area contributed by atoms with Gasteiger partial charge >= 0.3 is 0 Å². The molecule has 60 valence electrons. The molecule has 1 aromatic rings. The topological polar surface area (TPSA) is 25.8 Å². The fourth-order valence-corrected chi connectivity index (χ4v) is 1.27.